The highest BCUT2D eigenvalue weighted by atomic mass is 32.2. The van der Waals surface area contributed by atoms with E-state index in [1.54, 1.807) is 0 Å². The maximum atomic E-state index is 11.3. The van der Waals surface area contributed by atoms with Gasteiger partial charge in [-0.1, -0.05) is 0 Å². The number of nitrogens with one attached hydrogen (secondary N) is 2. The Bertz CT molecular complexity index is 269. The zero-order valence-electron chi connectivity index (χ0n) is 9.54. The zero-order chi connectivity index (χ0) is 11.4. The maximum absolute atomic E-state index is 11.3. The minimum atomic E-state index is -0.583. The van der Waals surface area contributed by atoms with E-state index in [9.17, 15) is 9.00 Å². The Balaban J connectivity index is 1.50. The third-order valence-corrected chi connectivity index (χ3v) is 4.58. The minimum absolute atomic E-state index is 0.214. The van der Waals surface area contributed by atoms with Crippen LogP contribution in [-0.2, 0) is 15.6 Å². The Kier molecular flexibility index (Phi) is 4.35. The van der Waals surface area contributed by atoms with E-state index in [0.29, 0.717) is 12.0 Å². The second-order valence-corrected chi connectivity index (χ2v) is 6.34. The molecule has 1 saturated heterocycles. The van der Waals surface area contributed by atoms with Crippen molar-refractivity contribution in [3.8, 4) is 0 Å². The summed E-state index contributed by atoms with van der Waals surface area (Å²) in [7, 11) is -0.583. The molecule has 4 nitrogen and oxygen atoms in total. The monoisotopic (exact) mass is 244 g/mol. The molecular formula is C11H20N2O2S. The van der Waals surface area contributed by atoms with Gasteiger partial charge in [0.25, 0.3) is 0 Å². The molecule has 2 rings (SSSR count). The molecule has 0 unspecified atom stereocenters. The number of carbonyl (C=O) groups excluding carboxylic acids is 1. The standard InChI is InChI=1S/C11H20N2O2S/c14-11(9-1-2-9)13-6-5-12-10-3-7-16(15)8-4-10/h9-10,12H,1-8H2,(H,13,14). The summed E-state index contributed by atoms with van der Waals surface area (Å²) in [5.74, 6) is 2.17. The van der Waals surface area contributed by atoms with Gasteiger partial charge in [0, 0.05) is 47.4 Å². The molecule has 0 aromatic rings. The molecule has 0 radical (unpaired) electrons. The van der Waals surface area contributed by atoms with Crippen LogP contribution < -0.4 is 10.6 Å². The lowest BCUT2D eigenvalue weighted by molar-refractivity contribution is -0.122. The fourth-order valence-corrected chi connectivity index (χ4v) is 3.25. The number of hydrogen-bond donors (Lipinski definition) is 2. The van der Waals surface area contributed by atoms with E-state index < -0.39 is 10.8 Å². The number of rotatable bonds is 5. The van der Waals surface area contributed by atoms with Gasteiger partial charge in [-0.25, -0.2) is 0 Å². The average Bonchev–Trinajstić information content (AvgIpc) is 3.10. The van der Waals surface area contributed by atoms with Crippen molar-refractivity contribution in [1.82, 2.24) is 10.6 Å². The quantitative estimate of drug-likeness (QED) is 0.670. The second-order valence-electron chi connectivity index (χ2n) is 4.64. The molecule has 0 aromatic heterocycles. The van der Waals surface area contributed by atoms with E-state index in [4.69, 9.17) is 0 Å². The summed E-state index contributed by atoms with van der Waals surface area (Å²) >= 11 is 0. The van der Waals surface area contributed by atoms with Crippen LogP contribution in [0.1, 0.15) is 25.7 Å². The molecule has 2 fully saturated rings. The predicted octanol–water partition coefficient (Wildman–Crippen LogP) is 0.0133. The molecule has 1 aliphatic heterocycles. The molecule has 2 aliphatic rings. The van der Waals surface area contributed by atoms with E-state index >= 15 is 0 Å². The van der Waals surface area contributed by atoms with E-state index in [-0.39, 0.29) is 5.91 Å². The summed E-state index contributed by atoms with van der Waals surface area (Å²) in [5, 5.41) is 6.34. The van der Waals surface area contributed by atoms with Gasteiger partial charge < -0.3 is 10.6 Å². The van der Waals surface area contributed by atoms with Crippen LogP contribution in [0.15, 0.2) is 0 Å². The van der Waals surface area contributed by atoms with E-state index in [0.717, 1.165) is 50.3 Å². The second kappa shape index (κ2) is 5.77. The van der Waals surface area contributed by atoms with Gasteiger partial charge >= 0.3 is 0 Å². The molecule has 5 heteroatoms. The zero-order valence-corrected chi connectivity index (χ0v) is 10.4. The molecule has 16 heavy (non-hydrogen) atoms. The smallest absolute Gasteiger partial charge is 0.223 e. The SMILES string of the molecule is O=C(NCCNC1CCS(=O)CC1)C1CC1. The van der Waals surface area contributed by atoms with Crippen LogP contribution in [0.4, 0.5) is 0 Å². The van der Waals surface area contributed by atoms with Crippen LogP contribution in [0.2, 0.25) is 0 Å². The predicted molar refractivity (Wildman–Crippen MR) is 64.6 cm³/mol. The Labute approximate surface area is 99.0 Å². The lowest BCUT2D eigenvalue weighted by Crippen LogP contribution is -2.40. The maximum Gasteiger partial charge on any atom is 0.223 e. The van der Waals surface area contributed by atoms with Gasteiger partial charge in [0.05, 0.1) is 0 Å². The van der Waals surface area contributed by atoms with Crippen LogP contribution >= 0.6 is 0 Å². The lowest BCUT2D eigenvalue weighted by Gasteiger charge is -2.22. The summed E-state index contributed by atoms with van der Waals surface area (Å²) in [4.78, 5) is 11.3. The van der Waals surface area contributed by atoms with Gasteiger partial charge in [-0.3, -0.25) is 9.00 Å². The van der Waals surface area contributed by atoms with Crippen molar-refractivity contribution >= 4 is 16.7 Å². The fraction of sp³-hybridized carbons (Fsp3) is 0.909. The van der Waals surface area contributed by atoms with Crippen molar-refractivity contribution in [3.63, 3.8) is 0 Å². The highest BCUT2D eigenvalue weighted by Gasteiger charge is 2.29. The van der Waals surface area contributed by atoms with Gasteiger partial charge in [-0.2, -0.15) is 0 Å². The Morgan fingerprint density at radius 3 is 2.44 bits per heavy atom. The van der Waals surface area contributed by atoms with Crippen molar-refractivity contribution in [2.75, 3.05) is 24.6 Å². The summed E-state index contributed by atoms with van der Waals surface area (Å²) in [6, 6.07) is 0.496. The molecule has 1 amide bonds. The molecule has 0 aromatic carbocycles. The molecular weight excluding hydrogens is 224 g/mol. The molecule has 0 spiro atoms. The first-order valence-electron chi connectivity index (χ1n) is 6.12. The van der Waals surface area contributed by atoms with Gasteiger partial charge in [-0.05, 0) is 25.7 Å². The first-order chi connectivity index (χ1) is 7.75. The summed E-state index contributed by atoms with van der Waals surface area (Å²) in [6.45, 7) is 1.55. The Hall–Kier alpha value is -0.420. The van der Waals surface area contributed by atoms with Crippen LogP contribution in [0.5, 0.6) is 0 Å². The summed E-state index contributed by atoms with van der Waals surface area (Å²) in [5.41, 5.74) is 0. The number of hydrogen-bond acceptors (Lipinski definition) is 3. The van der Waals surface area contributed by atoms with Crippen LogP contribution in [0.25, 0.3) is 0 Å². The van der Waals surface area contributed by atoms with E-state index in [1.165, 1.54) is 0 Å². The van der Waals surface area contributed by atoms with Crippen molar-refractivity contribution in [3.05, 3.63) is 0 Å². The van der Waals surface area contributed by atoms with Crippen LogP contribution in [0.3, 0.4) is 0 Å². The molecule has 1 saturated carbocycles. The Morgan fingerprint density at radius 1 is 1.12 bits per heavy atom. The third kappa shape index (κ3) is 3.87. The van der Waals surface area contributed by atoms with Gasteiger partial charge in [-0.15, -0.1) is 0 Å². The molecule has 0 bridgehead atoms. The van der Waals surface area contributed by atoms with Crippen molar-refractivity contribution in [2.45, 2.75) is 31.7 Å². The van der Waals surface area contributed by atoms with Crippen molar-refractivity contribution in [2.24, 2.45) is 5.92 Å². The molecule has 1 aliphatic carbocycles. The van der Waals surface area contributed by atoms with Gasteiger partial charge in [0.1, 0.15) is 0 Å². The largest absolute Gasteiger partial charge is 0.355 e. The van der Waals surface area contributed by atoms with Crippen molar-refractivity contribution < 1.29 is 9.00 Å². The van der Waals surface area contributed by atoms with E-state index in [1.807, 2.05) is 0 Å². The summed E-state index contributed by atoms with van der Waals surface area (Å²) < 4.78 is 11.1. The molecule has 92 valence electrons. The van der Waals surface area contributed by atoms with Crippen molar-refractivity contribution in [1.29, 1.82) is 0 Å². The Morgan fingerprint density at radius 2 is 1.81 bits per heavy atom. The van der Waals surface area contributed by atoms with Crippen LogP contribution in [-0.4, -0.2) is 40.8 Å². The molecule has 0 atom stereocenters. The minimum Gasteiger partial charge on any atom is -0.355 e. The first kappa shape index (κ1) is 12.0. The molecule has 1 heterocycles. The number of amides is 1. The fourth-order valence-electron chi connectivity index (χ4n) is 1.95. The highest BCUT2D eigenvalue weighted by Crippen LogP contribution is 2.28. The lowest BCUT2D eigenvalue weighted by atomic mass is 10.1. The van der Waals surface area contributed by atoms with E-state index in [2.05, 4.69) is 10.6 Å². The van der Waals surface area contributed by atoms with Crippen LogP contribution in [0, 0.1) is 5.92 Å². The number of carbonyl (C=O) groups is 1. The third-order valence-electron chi connectivity index (χ3n) is 3.19. The highest BCUT2D eigenvalue weighted by molar-refractivity contribution is 7.85. The topological polar surface area (TPSA) is 58.2 Å². The average molecular weight is 244 g/mol. The molecule has 2 N–H and O–H groups in total. The summed E-state index contributed by atoms with van der Waals surface area (Å²) in [6.07, 6.45) is 4.13. The van der Waals surface area contributed by atoms with Gasteiger partial charge in [0.2, 0.25) is 5.91 Å². The normalized spacial score (nSPS) is 30.0. The first-order valence-corrected chi connectivity index (χ1v) is 7.60. The van der Waals surface area contributed by atoms with Gasteiger partial charge in [0.15, 0.2) is 0 Å².